The summed E-state index contributed by atoms with van der Waals surface area (Å²) in [6, 6.07) is 10.2. The molecule has 2 aromatic rings. The number of hydrogen-bond acceptors (Lipinski definition) is 2. The van der Waals surface area contributed by atoms with Crippen molar-refractivity contribution in [2.75, 3.05) is 6.61 Å². The lowest BCUT2D eigenvalue weighted by atomic mass is 10.2. The smallest absolute Gasteiger partial charge is 0.157 e. The van der Waals surface area contributed by atoms with Crippen molar-refractivity contribution < 1.29 is 4.74 Å². The van der Waals surface area contributed by atoms with E-state index in [9.17, 15) is 0 Å². The molecule has 0 fully saturated rings. The number of hydrogen-bond donors (Lipinski definition) is 0. The van der Waals surface area contributed by atoms with Crippen molar-refractivity contribution in [3.05, 3.63) is 54.4 Å². The molecule has 0 saturated heterocycles. The molecule has 0 aliphatic carbocycles. The van der Waals surface area contributed by atoms with Gasteiger partial charge in [0.05, 0.1) is 12.4 Å². The van der Waals surface area contributed by atoms with Crippen LogP contribution in [0.1, 0.15) is 18.9 Å². The molecule has 1 heterocycles. The van der Waals surface area contributed by atoms with Gasteiger partial charge < -0.3 is 4.74 Å². The minimum Gasteiger partial charge on any atom is -0.486 e. The fraction of sp³-hybridized carbons (Fsp3) is 0.267. The van der Waals surface area contributed by atoms with Gasteiger partial charge in [-0.2, -0.15) is 5.10 Å². The lowest BCUT2D eigenvalue weighted by molar-refractivity contribution is 0.363. The first kappa shape index (κ1) is 12.4. The first-order valence-electron chi connectivity index (χ1n) is 6.25. The fourth-order valence-electron chi connectivity index (χ4n) is 1.66. The molecule has 3 nitrogen and oxygen atoms in total. The van der Waals surface area contributed by atoms with Crippen LogP contribution >= 0.6 is 0 Å². The van der Waals surface area contributed by atoms with E-state index in [2.05, 4.69) is 30.2 Å². The molecule has 3 heteroatoms. The second-order valence-corrected chi connectivity index (χ2v) is 4.06. The molecule has 0 spiro atoms. The largest absolute Gasteiger partial charge is 0.486 e. The van der Waals surface area contributed by atoms with Gasteiger partial charge in [0.15, 0.2) is 5.75 Å². The summed E-state index contributed by atoms with van der Waals surface area (Å²) in [7, 11) is 0. The van der Waals surface area contributed by atoms with Crippen molar-refractivity contribution in [1.29, 1.82) is 0 Å². The van der Waals surface area contributed by atoms with Gasteiger partial charge in [0, 0.05) is 6.54 Å². The van der Waals surface area contributed by atoms with Gasteiger partial charge in [0.1, 0.15) is 6.61 Å². The van der Waals surface area contributed by atoms with Gasteiger partial charge in [-0.25, -0.2) is 0 Å². The van der Waals surface area contributed by atoms with Crippen LogP contribution in [0.2, 0.25) is 0 Å². The Kier molecular flexibility index (Phi) is 4.59. The molecule has 1 aromatic carbocycles. The van der Waals surface area contributed by atoms with E-state index >= 15 is 0 Å². The number of rotatable bonds is 6. The summed E-state index contributed by atoms with van der Waals surface area (Å²) >= 11 is 0. The lowest BCUT2D eigenvalue weighted by Gasteiger charge is -1.98. The van der Waals surface area contributed by atoms with Crippen molar-refractivity contribution in [2.24, 2.45) is 0 Å². The van der Waals surface area contributed by atoms with Crippen LogP contribution in [0.15, 0.2) is 48.8 Å². The van der Waals surface area contributed by atoms with E-state index in [1.165, 1.54) is 5.56 Å². The maximum atomic E-state index is 5.58. The maximum Gasteiger partial charge on any atom is 0.157 e. The maximum absolute atomic E-state index is 5.58. The third-order valence-electron chi connectivity index (χ3n) is 2.52. The van der Waals surface area contributed by atoms with Crippen molar-refractivity contribution in [1.82, 2.24) is 9.78 Å². The van der Waals surface area contributed by atoms with E-state index in [0.717, 1.165) is 18.7 Å². The Bertz CT molecular complexity index is 488. The molecule has 0 saturated carbocycles. The van der Waals surface area contributed by atoms with Crippen LogP contribution in [-0.2, 0) is 6.54 Å². The Balaban J connectivity index is 1.79. The molecular weight excluding hydrogens is 224 g/mol. The molecule has 0 radical (unpaired) electrons. The highest BCUT2D eigenvalue weighted by molar-refractivity contribution is 5.48. The third kappa shape index (κ3) is 3.77. The number of benzene rings is 1. The summed E-state index contributed by atoms with van der Waals surface area (Å²) in [6.45, 7) is 3.63. The summed E-state index contributed by atoms with van der Waals surface area (Å²) in [5, 5.41) is 4.21. The van der Waals surface area contributed by atoms with Gasteiger partial charge in [-0.1, -0.05) is 43.3 Å². The van der Waals surface area contributed by atoms with E-state index in [1.54, 1.807) is 6.20 Å². The van der Waals surface area contributed by atoms with E-state index in [1.807, 2.05) is 35.2 Å². The lowest BCUT2D eigenvalue weighted by Crippen LogP contribution is -1.96. The molecule has 18 heavy (non-hydrogen) atoms. The monoisotopic (exact) mass is 242 g/mol. The van der Waals surface area contributed by atoms with E-state index in [-0.39, 0.29) is 0 Å². The zero-order chi connectivity index (χ0) is 12.6. The van der Waals surface area contributed by atoms with Gasteiger partial charge in [0.2, 0.25) is 0 Å². The second-order valence-electron chi connectivity index (χ2n) is 4.06. The molecular formula is C15H18N2O. The molecule has 0 aliphatic rings. The van der Waals surface area contributed by atoms with Crippen LogP contribution in [-0.4, -0.2) is 16.4 Å². The Morgan fingerprint density at radius 2 is 2.11 bits per heavy atom. The highest BCUT2D eigenvalue weighted by Gasteiger charge is 1.96. The fourth-order valence-corrected chi connectivity index (χ4v) is 1.66. The molecule has 0 N–H and O–H groups in total. The third-order valence-corrected chi connectivity index (χ3v) is 2.52. The van der Waals surface area contributed by atoms with Crippen molar-refractivity contribution >= 4 is 6.08 Å². The summed E-state index contributed by atoms with van der Waals surface area (Å²) in [5.74, 6) is 0.821. The molecule has 94 valence electrons. The normalized spacial score (nSPS) is 10.9. The summed E-state index contributed by atoms with van der Waals surface area (Å²) in [6.07, 6.45) is 8.82. The number of aryl methyl sites for hydroxylation is 1. The first-order chi connectivity index (χ1) is 8.88. The highest BCUT2D eigenvalue weighted by Crippen LogP contribution is 2.09. The number of ether oxygens (including phenoxy) is 1. The molecule has 1 aromatic heterocycles. The Hall–Kier alpha value is -2.03. The Morgan fingerprint density at radius 1 is 1.28 bits per heavy atom. The van der Waals surface area contributed by atoms with Crippen LogP contribution in [0.3, 0.4) is 0 Å². The zero-order valence-electron chi connectivity index (χ0n) is 10.6. The van der Waals surface area contributed by atoms with Crippen LogP contribution in [0.5, 0.6) is 5.75 Å². The minimum absolute atomic E-state index is 0.562. The predicted molar refractivity (Wildman–Crippen MR) is 73.5 cm³/mol. The van der Waals surface area contributed by atoms with Crippen LogP contribution in [0.4, 0.5) is 0 Å². The Labute approximate surface area is 108 Å². The van der Waals surface area contributed by atoms with Gasteiger partial charge >= 0.3 is 0 Å². The van der Waals surface area contributed by atoms with Crippen LogP contribution in [0, 0.1) is 0 Å². The average Bonchev–Trinajstić information content (AvgIpc) is 2.84. The summed E-state index contributed by atoms with van der Waals surface area (Å²) < 4.78 is 7.48. The van der Waals surface area contributed by atoms with Gasteiger partial charge in [-0.3, -0.25) is 4.68 Å². The first-order valence-corrected chi connectivity index (χ1v) is 6.25. The summed E-state index contributed by atoms with van der Waals surface area (Å²) in [5.41, 5.74) is 1.18. The quantitative estimate of drug-likeness (QED) is 0.776. The van der Waals surface area contributed by atoms with Crippen LogP contribution < -0.4 is 4.74 Å². The average molecular weight is 242 g/mol. The van der Waals surface area contributed by atoms with Crippen molar-refractivity contribution in [2.45, 2.75) is 19.9 Å². The van der Waals surface area contributed by atoms with Crippen molar-refractivity contribution in [3.8, 4) is 5.75 Å². The molecule has 2 rings (SSSR count). The van der Waals surface area contributed by atoms with E-state index in [4.69, 9.17) is 4.74 Å². The second kappa shape index (κ2) is 6.64. The predicted octanol–water partition coefficient (Wildman–Crippen LogP) is 3.39. The highest BCUT2D eigenvalue weighted by atomic mass is 16.5. The summed E-state index contributed by atoms with van der Waals surface area (Å²) in [4.78, 5) is 0. The molecule has 0 atom stereocenters. The number of aromatic nitrogens is 2. The zero-order valence-corrected chi connectivity index (χ0v) is 10.6. The van der Waals surface area contributed by atoms with Crippen molar-refractivity contribution in [3.63, 3.8) is 0 Å². The van der Waals surface area contributed by atoms with Gasteiger partial charge in [0.25, 0.3) is 0 Å². The van der Waals surface area contributed by atoms with Crippen LogP contribution in [0.25, 0.3) is 6.08 Å². The molecule has 0 bridgehead atoms. The standard InChI is InChI=1S/C15H18N2O/c1-2-10-17-13-15(12-16-17)18-11-6-9-14-7-4-3-5-8-14/h3-9,12-13H,2,10-11H2,1H3/b9-6+. The number of nitrogens with zero attached hydrogens (tertiary/aromatic N) is 2. The van der Waals surface area contributed by atoms with Gasteiger partial charge in [-0.05, 0) is 18.1 Å². The van der Waals surface area contributed by atoms with E-state index in [0.29, 0.717) is 6.61 Å². The molecule has 0 aliphatic heterocycles. The van der Waals surface area contributed by atoms with Gasteiger partial charge in [-0.15, -0.1) is 0 Å². The minimum atomic E-state index is 0.562. The molecule has 0 unspecified atom stereocenters. The SMILES string of the molecule is CCCn1cc(OC/C=C/c2ccccc2)cn1. The van der Waals surface area contributed by atoms with E-state index < -0.39 is 0 Å². The Morgan fingerprint density at radius 3 is 2.89 bits per heavy atom. The topological polar surface area (TPSA) is 27.1 Å². The molecule has 0 amide bonds.